The number of fused-ring (bicyclic) bond motifs is 1. The van der Waals surface area contributed by atoms with E-state index in [-0.39, 0.29) is 18.2 Å². The molecule has 5 N–H and O–H groups in total. The fourth-order valence-electron chi connectivity index (χ4n) is 3.63. The van der Waals surface area contributed by atoms with Crippen molar-refractivity contribution >= 4 is 25.1 Å². The van der Waals surface area contributed by atoms with Crippen LogP contribution < -0.4 is 15.3 Å². The molecule has 2 aromatic heterocycles. The predicted molar refractivity (Wildman–Crippen MR) is 138 cm³/mol. The Morgan fingerprint density at radius 1 is 1.24 bits per heavy atom. The molecule has 0 aliphatic heterocycles. The summed E-state index contributed by atoms with van der Waals surface area (Å²) in [6, 6.07) is 10.7. The van der Waals surface area contributed by atoms with Gasteiger partial charge in [0.15, 0.2) is 5.82 Å². The largest absolute Gasteiger partial charge is 0.465 e. The fourth-order valence-corrected chi connectivity index (χ4v) is 5.13. The molecule has 0 amide bonds. The average molecular weight is 552 g/mol. The Morgan fingerprint density at radius 2 is 1.95 bits per heavy atom. The van der Waals surface area contributed by atoms with Crippen molar-refractivity contribution in [2.45, 2.75) is 51.5 Å². The number of ether oxygens (including phenoxy) is 2. The second kappa shape index (κ2) is 12.7. The van der Waals surface area contributed by atoms with E-state index in [1.54, 1.807) is 67.8 Å². The van der Waals surface area contributed by atoms with Gasteiger partial charge in [-0.2, -0.15) is 10.2 Å². The van der Waals surface area contributed by atoms with E-state index in [0.717, 1.165) is 0 Å². The first-order valence-corrected chi connectivity index (χ1v) is 13.5. The number of aliphatic hydroxyl groups is 2. The summed E-state index contributed by atoms with van der Waals surface area (Å²) in [5.41, 5.74) is 5.98. The molecule has 13 nitrogen and oxygen atoms in total. The Bertz CT molecular complexity index is 1260. The molecule has 0 fully saturated rings. The molecule has 3 aromatic rings. The van der Waals surface area contributed by atoms with E-state index < -0.39 is 50.8 Å². The summed E-state index contributed by atoms with van der Waals surface area (Å²) in [6.45, 7) is 5.55. The van der Waals surface area contributed by atoms with Gasteiger partial charge in [0.2, 0.25) is 0 Å². The second-order valence-corrected chi connectivity index (χ2v) is 10.6. The molecule has 1 unspecified atom stereocenters. The lowest BCUT2D eigenvalue weighted by molar-refractivity contribution is -0.147. The first-order valence-electron chi connectivity index (χ1n) is 12.0. The van der Waals surface area contributed by atoms with Crippen LogP contribution in [0.5, 0.6) is 5.75 Å². The minimum Gasteiger partial charge on any atom is -0.465 e. The van der Waals surface area contributed by atoms with E-state index in [9.17, 15) is 19.6 Å². The Kier molecular flexibility index (Phi) is 9.82. The normalized spacial score (nSPS) is 15.9. The van der Waals surface area contributed by atoms with Crippen molar-refractivity contribution in [3.63, 3.8) is 0 Å². The molecular formula is C24H34N5O8P. The number of para-hydroxylation sites is 1. The van der Waals surface area contributed by atoms with Crippen LogP contribution in [0, 0.1) is 0 Å². The summed E-state index contributed by atoms with van der Waals surface area (Å²) < 4.78 is 37.7. The van der Waals surface area contributed by atoms with Crippen molar-refractivity contribution < 1.29 is 38.1 Å². The molecule has 0 aliphatic carbocycles. The van der Waals surface area contributed by atoms with Gasteiger partial charge in [0.1, 0.15) is 41.4 Å². The zero-order valence-corrected chi connectivity index (χ0v) is 22.6. The maximum atomic E-state index is 13.7. The van der Waals surface area contributed by atoms with Crippen LogP contribution in [0.15, 0.2) is 48.8 Å². The summed E-state index contributed by atoms with van der Waals surface area (Å²) in [5.74, 6) is -0.159. The van der Waals surface area contributed by atoms with Gasteiger partial charge in [-0.15, -0.1) is 0 Å². The molecule has 3 rings (SSSR count). The number of hydrogen-bond acceptors (Lipinski definition) is 11. The van der Waals surface area contributed by atoms with Crippen molar-refractivity contribution in [1.82, 2.24) is 19.7 Å². The number of benzene rings is 1. The number of carbonyl (C=O) groups excluding carboxylic acids is 1. The number of rotatable bonds is 14. The molecule has 0 saturated carbocycles. The first kappa shape index (κ1) is 29.5. The highest BCUT2D eigenvalue weighted by molar-refractivity contribution is 7.52. The third-order valence-corrected chi connectivity index (χ3v) is 7.17. The number of carbonyl (C=O) groups is 1. The van der Waals surface area contributed by atoms with Crippen molar-refractivity contribution in [2.24, 2.45) is 0 Å². The molecule has 38 heavy (non-hydrogen) atoms. The number of nitrogens with zero attached hydrogens (tertiary/aromatic N) is 3. The monoisotopic (exact) mass is 551 g/mol. The number of nitrogens with two attached hydrogens (primary N) is 1. The van der Waals surface area contributed by atoms with E-state index in [1.165, 1.54) is 13.3 Å². The van der Waals surface area contributed by atoms with Gasteiger partial charge < -0.3 is 29.9 Å². The van der Waals surface area contributed by atoms with Gasteiger partial charge in [-0.05, 0) is 52.0 Å². The van der Waals surface area contributed by atoms with Gasteiger partial charge in [0.05, 0.1) is 25.5 Å². The molecule has 208 valence electrons. The lowest BCUT2D eigenvalue weighted by Gasteiger charge is -2.33. The minimum absolute atomic E-state index is 0.133. The SMILES string of the molecule is CCOC(=O)[C@H](C)NP(=O)(OC[C@@H](OC(C)(C)c1ccc2c(N)ncnn12)[C@@H](O)CO)Oc1ccccc1. The highest BCUT2D eigenvalue weighted by Crippen LogP contribution is 2.45. The molecule has 14 heteroatoms. The van der Waals surface area contributed by atoms with E-state index in [0.29, 0.717) is 11.2 Å². The van der Waals surface area contributed by atoms with E-state index in [1.807, 2.05) is 0 Å². The third-order valence-electron chi connectivity index (χ3n) is 5.53. The Labute approximate surface area is 220 Å². The maximum Gasteiger partial charge on any atom is 0.459 e. The summed E-state index contributed by atoms with van der Waals surface area (Å²) in [4.78, 5) is 16.2. The summed E-state index contributed by atoms with van der Waals surface area (Å²) >= 11 is 0. The van der Waals surface area contributed by atoms with Crippen molar-refractivity contribution in [2.75, 3.05) is 25.6 Å². The quantitative estimate of drug-likeness (QED) is 0.169. The smallest absolute Gasteiger partial charge is 0.459 e. The molecule has 4 atom stereocenters. The zero-order valence-electron chi connectivity index (χ0n) is 21.7. The van der Waals surface area contributed by atoms with Gasteiger partial charge >= 0.3 is 13.7 Å². The average Bonchev–Trinajstić information content (AvgIpc) is 3.33. The lowest BCUT2D eigenvalue weighted by Crippen LogP contribution is -2.42. The van der Waals surface area contributed by atoms with E-state index in [2.05, 4.69) is 15.2 Å². The highest BCUT2D eigenvalue weighted by Gasteiger charge is 2.37. The Balaban J connectivity index is 1.84. The molecule has 0 radical (unpaired) electrons. The molecule has 0 aliphatic rings. The van der Waals surface area contributed by atoms with Gasteiger partial charge in [0.25, 0.3) is 0 Å². The minimum atomic E-state index is -4.22. The van der Waals surface area contributed by atoms with Crippen LogP contribution in [0.25, 0.3) is 5.52 Å². The number of hydrogen-bond donors (Lipinski definition) is 4. The molecule has 2 heterocycles. The van der Waals surface area contributed by atoms with Gasteiger partial charge in [-0.25, -0.2) is 14.1 Å². The van der Waals surface area contributed by atoms with Crippen LogP contribution in [0.2, 0.25) is 0 Å². The van der Waals surface area contributed by atoms with Crippen LogP contribution in [0.3, 0.4) is 0 Å². The van der Waals surface area contributed by atoms with Crippen LogP contribution in [0.4, 0.5) is 5.82 Å². The standard InChI is InChI=1S/C24H34N5O8P/c1-5-34-23(32)16(2)28-38(33,37-17-9-7-6-8-10-17)35-14-20(19(31)13-30)36-24(3,4)21-12-11-18-22(25)26-15-27-29(18)21/h6-12,15-16,19-20,30-31H,5,13-14H2,1-4H3,(H,28,33)(H2,25,26,27)/t16-,19-,20+,38?/m0/s1. The van der Waals surface area contributed by atoms with E-state index in [4.69, 9.17) is 24.3 Å². The lowest BCUT2D eigenvalue weighted by atomic mass is 10.0. The van der Waals surface area contributed by atoms with E-state index >= 15 is 0 Å². The summed E-state index contributed by atoms with van der Waals surface area (Å²) in [5, 5.41) is 27.0. The third kappa shape index (κ3) is 7.28. The van der Waals surface area contributed by atoms with Crippen LogP contribution in [-0.4, -0.2) is 68.9 Å². The first-order chi connectivity index (χ1) is 18.0. The number of aromatic nitrogens is 3. The Morgan fingerprint density at radius 3 is 2.61 bits per heavy atom. The number of nitrogen functional groups attached to an aromatic ring is 1. The van der Waals surface area contributed by atoms with Crippen molar-refractivity contribution in [3.05, 3.63) is 54.5 Å². The number of esters is 1. The molecular weight excluding hydrogens is 517 g/mol. The summed E-state index contributed by atoms with van der Waals surface area (Å²) in [6.07, 6.45) is -1.28. The number of aliphatic hydroxyl groups excluding tert-OH is 2. The summed E-state index contributed by atoms with van der Waals surface area (Å²) in [7, 11) is -4.22. The molecule has 1 aromatic carbocycles. The molecule has 0 saturated heterocycles. The van der Waals surface area contributed by atoms with Crippen LogP contribution in [-0.2, 0) is 29.0 Å². The zero-order chi connectivity index (χ0) is 27.9. The van der Waals surface area contributed by atoms with Gasteiger partial charge in [-0.3, -0.25) is 9.32 Å². The second-order valence-electron chi connectivity index (χ2n) is 8.88. The number of nitrogens with one attached hydrogen (secondary N) is 1. The maximum absolute atomic E-state index is 13.7. The highest BCUT2D eigenvalue weighted by atomic mass is 31.2. The fraction of sp³-hybridized carbons (Fsp3) is 0.458. The van der Waals surface area contributed by atoms with Gasteiger partial charge in [0, 0.05) is 0 Å². The topological polar surface area (TPSA) is 180 Å². The predicted octanol–water partition coefficient (Wildman–Crippen LogP) is 2.03. The Hall–Kier alpha value is -3.06. The molecule has 0 spiro atoms. The van der Waals surface area contributed by atoms with Crippen LogP contribution >= 0.6 is 7.75 Å². The van der Waals surface area contributed by atoms with Crippen molar-refractivity contribution in [3.8, 4) is 5.75 Å². The van der Waals surface area contributed by atoms with Crippen LogP contribution in [0.1, 0.15) is 33.4 Å². The molecule has 0 bridgehead atoms. The van der Waals surface area contributed by atoms with Gasteiger partial charge in [-0.1, -0.05) is 18.2 Å². The van der Waals surface area contributed by atoms with Crippen molar-refractivity contribution in [1.29, 1.82) is 0 Å². The number of anilines is 1.